The summed E-state index contributed by atoms with van der Waals surface area (Å²) in [7, 11) is 2.18. The molecule has 2 aliphatic rings. The summed E-state index contributed by atoms with van der Waals surface area (Å²) in [4.78, 5) is 16.3. The molecule has 2 atom stereocenters. The standard InChI is InChI=1S/C13H25N3O/c1-11-9-12(5-8-15(11)2)14-10-13(17)16-6-3-4-7-16/h11-12,14H,3-10H2,1-2H3. The number of hydrogen-bond donors (Lipinski definition) is 1. The average molecular weight is 239 g/mol. The number of carbonyl (C=O) groups is 1. The first kappa shape index (κ1) is 12.8. The average Bonchev–Trinajstić information content (AvgIpc) is 2.84. The van der Waals surface area contributed by atoms with Gasteiger partial charge in [0.1, 0.15) is 0 Å². The van der Waals surface area contributed by atoms with Crippen molar-refractivity contribution in [2.24, 2.45) is 0 Å². The molecule has 4 nitrogen and oxygen atoms in total. The molecule has 0 aromatic rings. The van der Waals surface area contributed by atoms with Gasteiger partial charge in [0.15, 0.2) is 0 Å². The maximum Gasteiger partial charge on any atom is 0.236 e. The molecule has 2 rings (SSSR count). The van der Waals surface area contributed by atoms with Crippen molar-refractivity contribution in [3.05, 3.63) is 0 Å². The summed E-state index contributed by atoms with van der Waals surface area (Å²) in [5.74, 6) is 0.286. The Labute approximate surface area is 104 Å². The molecule has 4 heteroatoms. The van der Waals surface area contributed by atoms with E-state index in [1.807, 2.05) is 4.90 Å². The Bertz CT molecular complexity index is 263. The molecule has 2 saturated heterocycles. The van der Waals surface area contributed by atoms with Crippen LogP contribution >= 0.6 is 0 Å². The number of likely N-dealkylation sites (tertiary alicyclic amines) is 2. The second-order valence-corrected chi connectivity index (χ2v) is 5.52. The fourth-order valence-electron chi connectivity index (χ4n) is 2.78. The quantitative estimate of drug-likeness (QED) is 0.787. The fourth-order valence-corrected chi connectivity index (χ4v) is 2.78. The monoisotopic (exact) mass is 239 g/mol. The van der Waals surface area contributed by atoms with Crippen LogP contribution in [0.25, 0.3) is 0 Å². The lowest BCUT2D eigenvalue weighted by Gasteiger charge is -2.35. The minimum Gasteiger partial charge on any atom is -0.342 e. The second-order valence-electron chi connectivity index (χ2n) is 5.52. The highest BCUT2D eigenvalue weighted by Crippen LogP contribution is 2.15. The fraction of sp³-hybridized carbons (Fsp3) is 0.923. The molecule has 0 aliphatic carbocycles. The number of piperidine rings is 1. The van der Waals surface area contributed by atoms with E-state index in [4.69, 9.17) is 0 Å². The first-order chi connectivity index (χ1) is 8.16. The zero-order valence-corrected chi connectivity index (χ0v) is 11.1. The molecule has 1 amide bonds. The SMILES string of the molecule is CC1CC(NCC(=O)N2CCCC2)CCN1C. The van der Waals surface area contributed by atoms with Gasteiger partial charge in [-0.25, -0.2) is 0 Å². The maximum absolute atomic E-state index is 11.9. The highest BCUT2D eigenvalue weighted by Gasteiger charge is 2.24. The second kappa shape index (κ2) is 5.83. The van der Waals surface area contributed by atoms with Crippen LogP contribution in [0.4, 0.5) is 0 Å². The van der Waals surface area contributed by atoms with Crippen LogP contribution in [-0.4, -0.2) is 61.0 Å². The Morgan fingerprint density at radius 3 is 2.65 bits per heavy atom. The number of amides is 1. The van der Waals surface area contributed by atoms with E-state index in [9.17, 15) is 4.79 Å². The van der Waals surface area contributed by atoms with Crippen LogP contribution in [0.2, 0.25) is 0 Å². The van der Waals surface area contributed by atoms with Crippen molar-refractivity contribution in [1.29, 1.82) is 0 Å². The molecule has 0 aromatic heterocycles. The molecule has 2 unspecified atom stereocenters. The number of nitrogens with one attached hydrogen (secondary N) is 1. The zero-order valence-electron chi connectivity index (χ0n) is 11.1. The minimum absolute atomic E-state index is 0.286. The van der Waals surface area contributed by atoms with Gasteiger partial charge in [0, 0.05) is 25.2 Å². The Morgan fingerprint density at radius 1 is 1.29 bits per heavy atom. The van der Waals surface area contributed by atoms with Crippen LogP contribution < -0.4 is 5.32 Å². The summed E-state index contributed by atoms with van der Waals surface area (Å²) >= 11 is 0. The Hall–Kier alpha value is -0.610. The van der Waals surface area contributed by atoms with E-state index >= 15 is 0 Å². The van der Waals surface area contributed by atoms with E-state index in [2.05, 4.69) is 24.2 Å². The largest absolute Gasteiger partial charge is 0.342 e. The van der Waals surface area contributed by atoms with Crippen molar-refractivity contribution in [1.82, 2.24) is 15.1 Å². The molecule has 0 radical (unpaired) electrons. The van der Waals surface area contributed by atoms with Crippen LogP contribution in [0.15, 0.2) is 0 Å². The third-order valence-corrected chi connectivity index (χ3v) is 4.21. The topological polar surface area (TPSA) is 35.6 Å². The number of hydrogen-bond acceptors (Lipinski definition) is 3. The summed E-state index contributed by atoms with van der Waals surface area (Å²) in [5, 5.41) is 3.43. The molecule has 0 aromatic carbocycles. The number of rotatable bonds is 3. The van der Waals surface area contributed by atoms with Crippen LogP contribution in [-0.2, 0) is 4.79 Å². The molecule has 0 bridgehead atoms. The molecule has 1 N–H and O–H groups in total. The lowest BCUT2D eigenvalue weighted by atomic mass is 9.99. The smallest absolute Gasteiger partial charge is 0.236 e. The van der Waals surface area contributed by atoms with Gasteiger partial charge in [0.2, 0.25) is 5.91 Å². The van der Waals surface area contributed by atoms with Crippen molar-refractivity contribution in [2.75, 3.05) is 33.2 Å². The van der Waals surface area contributed by atoms with Gasteiger partial charge in [-0.15, -0.1) is 0 Å². The predicted octanol–water partition coefficient (Wildman–Crippen LogP) is 0.681. The Morgan fingerprint density at radius 2 is 2.00 bits per heavy atom. The molecule has 2 fully saturated rings. The van der Waals surface area contributed by atoms with E-state index in [0.29, 0.717) is 18.6 Å². The van der Waals surface area contributed by atoms with Crippen LogP contribution in [0.1, 0.15) is 32.6 Å². The molecule has 2 heterocycles. The van der Waals surface area contributed by atoms with E-state index in [0.717, 1.165) is 32.5 Å². The van der Waals surface area contributed by atoms with Crippen LogP contribution in [0.5, 0.6) is 0 Å². The van der Waals surface area contributed by atoms with Crippen molar-refractivity contribution in [3.8, 4) is 0 Å². The van der Waals surface area contributed by atoms with Crippen molar-refractivity contribution < 1.29 is 4.79 Å². The van der Waals surface area contributed by atoms with E-state index in [-0.39, 0.29) is 5.91 Å². The van der Waals surface area contributed by atoms with Gasteiger partial charge in [-0.1, -0.05) is 0 Å². The Kier molecular flexibility index (Phi) is 4.40. The van der Waals surface area contributed by atoms with Crippen molar-refractivity contribution in [3.63, 3.8) is 0 Å². The Balaban J connectivity index is 1.69. The summed E-state index contributed by atoms with van der Waals surface area (Å²) < 4.78 is 0. The van der Waals surface area contributed by atoms with Crippen molar-refractivity contribution >= 4 is 5.91 Å². The van der Waals surface area contributed by atoms with Gasteiger partial charge in [-0.05, 0) is 46.2 Å². The van der Waals surface area contributed by atoms with Gasteiger partial charge in [-0.3, -0.25) is 4.79 Å². The summed E-state index contributed by atoms with van der Waals surface area (Å²) in [6.45, 7) is 5.85. The predicted molar refractivity (Wildman–Crippen MR) is 68.9 cm³/mol. The first-order valence-electron chi connectivity index (χ1n) is 6.88. The van der Waals surface area contributed by atoms with Gasteiger partial charge in [0.05, 0.1) is 6.54 Å². The van der Waals surface area contributed by atoms with E-state index in [1.54, 1.807) is 0 Å². The maximum atomic E-state index is 11.9. The molecular formula is C13H25N3O. The third-order valence-electron chi connectivity index (χ3n) is 4.21. The molecular weight excluding hydrogens is 214 g/mol. The molecule has 2 aliphatic heterocycles. The van der Waals surface area contributed by atoms with Gasteiger partial charge in [0.25, 0.3) is 0 Å². The summed E-state index contributed by atoms with van der Waals surface area (Å²) in [6.07, 6.45) is 4.67. The van der Waals surface area contributed by atoms with Gasteiger partial charge >= 0.3 is 0 Å². The van der Waals surface area contributed by atoms with E-state index in [1.165, 1.54) is 12.8 Å². The molecule has 0 spiro atoms. The lowest BCUT2D eigenvalue weighted by Crippen LogP contribution is -2.48. The van der Waals surface area contributed by atoms with Crippen LogP contribution in [0, 0.1) is 0 Å². The minimum atomic E-state index is 0.286. The van der Waals surface area contributed by atoms with Gasteiger partial charge < -0.3 is 15.1 Å². The molecule has 0 saturated carbocycles. The highest BCUT2D eigenvalue weighted by molar-refractivity contribution is 5.78. The van der Waals surface area contributed by atoms with Crippen molar-refractivity contribution in [2.45, 2.75) is 44.7 Å². The normalized spacial score (nSPS) is 30.8. The highest BCUT2D eigenvalue weighted by atomic mass is 16.2. The van der Waals surface area contributed by atoms with Crippen LogP contribution in [0.3, 0.4) is 0 Å². The molecule has 17 heavy (non-hydrogen) atoms. The lowest BCUT2D eigenvalue weighted by molar-refractivity contribution is -0.129. The third kappa shape index (κ3) is 3.42. The first-order valence-corrected chi connectivity index (χ1v) is 6.88. The van der Waals surface area contributed by atoms with Gasteiger partial charge in [-0.2, -0.15) is 0 Å². The number of nitrogens with zero attached hydrogens (tertiary/aromatic N) is 2. The number of carbonyl (C=O) groups excluding carboxylic acids is 1. The molecule has 98 valence electrons. The zero-order chi connectivity index (χ0) is 12.3. The summed E-state index contributed by atoms with van der Waals surface area (Å²) in [5.41, 5.74) is 0. The van der Waals surface area contributed by atoms with E-state index < -0.39 is 0 Å². The summed E-state index contributed by atoms with van der Waals surface area (Å²) in [6, 6.07) is 1.15.